The number of sulfonamides is 1. The van der Waals surface area contributed by atoms with Gasteiger partial charge in [-0.3, -0.25) is 9.69 Å². The molecule has 0 unspecified atom stereocenters. The van der Waals surface area contributed by atoms with Crippen LogP contribution in [0.1, 0.15) is 47.9 Å². The fraction of sp³-hybridized carbons (Fsp3) is 0.500. The molecule has 2 aromatic rings. The Hall–Kier alpha value is -2.22. The Labute approximate surface area is 198 Å². The van der Waals surface area contributed by atoms with E-state index in [-0.39, 0.29) is 17.6 Å². The van der Waals surface area contributed by atoms with E-state index in [1.54, 1.807) is 4.31 Å². The number of hydrogen-bond donors (Lipinski definition) is 1. The zero-order chi connectivity index (χ0) is 23.3. The molecule has 0 saturated carbocycles. The lowest BCUT2D eigenvalue weighted by Gasteiger charge is -2.30. The van der Waals surface area contributed by atoms with Gasteiger partial charge < -0.3 is 5.32 Å². The highest BCUT2D eigenvalue weighted by atomic mass is 32.2. The van der Waals surface area contributed by atoms with Gasteiger partial charge in [0.1, 0.15) is 0 Å². The van der Waals surface area contributed by atoms with Gasteiger partial charge in [0.05, 0.1) is 5.75 Å². The molecule has 0 aliphatic carbocycles. The first kappa shape index (κ1) is 23.9. The number of carbonyl (C=O) groups is 1. The number of rotatable bonds is 8. The highest BCUT2D eigenvalue weighted by Gasteiger charge is 2.31. The van der Waals surface area contributed by atoms with Gasteiger partial charge >= 0.3 is 0 Å². The second-order valence-corrected chi connectivity index (χ2v) is 11.4. The van der Waals surface area contributed by atoms with E-state index in [1.807, 2.05) is 37.3 Å². The van der Waals surface area contributed by atoms with E-state index in [1.165, 1.54) is 18.4 Å². The van der Waals surface area contributed by atoms with Crippen molar-refractivity contribution in [1.29, 1.82) is 0 Å². The summed E-state index contributed by atoms with van der Waals surface area (Å²) >= 11 is 0. The van der Waals surface area contributed by atoms with Crippen molar-refractivity contribution in [2.45, 2.75) is 51.4 Å². The number of aryl methyl sites for hydroxylation is 1. The smallest absolute Gasteiger partial charge is 0.223 e. The lowest BCUT2D eigenvalue weighted by Crippen LogP contribution is -2.43. The van der Waals surface area contributed by atoms with Gasteiger partial charge in [-0.1, -0.05) is 54.1 Å². The molecule has 2 saturated heterocycles. The Bertz CT molecular complexity index is 1060. The molecule has 33 heavy (non-hydrogen) atoms. The molecule has 0 aromatic heterocycles. The molecular formula is C26H35N3O3S. The van der Waals surface area contributed by atoms with Crippen LogP contribution in [0.5, 0.6) is 0 Å². The standard InChI is InChI=1S/C26H35N3O3S/c1-21-7-6-8-22(17-21)20-33(31,32)29-15-11-23(12-16-29)26(30)27-18-24-9-2-3-10-25(24)19-28-13-4-5-14-28/h2-3,6-10,17,23H,4-5,11-16,18-20H2,1H3,(H,27,30). The van der Waals surface area contributed by atoms with Crippen LogP contribution in [0.4, 0.5) is 0 Å². The average molecular weight is 470 g/mol. The lowest BCUT2D eigenvalue weighted by molar-refractivity contribution is -0.126. The number of benzene rings is 2. The van der Waals surface area contributed by atoms with Gasteiger partial charge in [-0.2, -0.15) is 0 Å². The van der Waals surface area contributed by atoms with Gasteiger partial charge in [-0.25, -0.2) is 12.7 Å². The molecular weight excluding hydrogens is 434 g/mol. The minimum atomic E-state index is -3.38. The van der Waals surface area contributed by atoms with Crippen LogP contribution in [-0.2, 0) is 33.7 Å². The van der Waals surface area contributed by atoms with Crippen LogP contribution < -0.4 is 5.32 Å². The molecule has 0 atom stereocenters. The highest BCUT2D eigenvalue weighted by molar-refractivity contribution is 7.88. The monoisotopic (exact) mass is 469 g/mol. The number of hydrogen-bond acceptors (Lipinski definition) is 4. The second-order valence-electron chi connectivity index (χ2n) is 9.39. The van der Waals surface area contributed by atoms with Crippen molar-refractivity contribution in [3.63, 3.8) is 0 Å². The summed E-state index contributed by atoms with van der Waals surface area (Å²) in [6, 6.07) is 15.9. The molecule has 4 rings (SSSR count). The quantitative estimate of drug-likeness (QED) is 0.643. The fourth-order valence-electron chi connectivity index (χ4n) is 4.89. The first-order chi connectivity index (χ1) is 15.9. The van der Waals surface area contributed by atoms with Crippen molar-refractivity contribution in [3.05, 3.63) is 70.8 Å². The minimum Gasteiger partial charge on any atom is -0.352 e. The van der Waals surface area contributed by atoms with E-state index >= 15 is 0 Å². The molecule has 2 heterocycles. The van der Waals surface area contributed by atoms with E-state index in [0.717, 1.165) is 36.3 Å². The van der Waals surface area contributed by atoms with Crippen molar-refractivity contribution in [1.82, 2.24) is 14.5 Å². The van der Waals surface area contributed by atoms with Gasteiger partial charge in [0, 0.05) is 32.1 Å². The predicted octanol–water partition coefficient (Wildman–Crippen LogP) is 3.45. The normalized spacial score (nSPS) is 18.5. The number of piperidine rings is 1. The van der Waals surface area contributed by atoms with Crippen LogP contribution in [0, 0.1) is 12.8 Å². The third-order valence-electron chi connectivity index (χ3n) is 6.81. The van der Waals surface area contributed by atoms with Crippen molar-refractivity contribution >= 4 is 15.9 Å². The number of likely N-dealkylation sites (tertiary alicyclic amines) is 1. The summed E-state index contributed by atoms with van der Waals surface area (Å²) in [5.74, 6) is -0.0952. The molecule has 178 valence electrons. The van der Waals surface area contributed by atoms with E-state index in [4.69, 9.17) is 0 Å². The van der Waals surface area contributed by atoms with Crippen LogP contribution in [0.2, 0.25) is 0 Å². The summed E-state index contributed by atoms with van der Waals surface area (Å²) < 4.78 is 27.3. The van der Waals surface area contributed by atoms with Crippen molar-refractivity contribution in [2.75, 3.05) is 26.2 Å². The Balaban J connectivity index is 1.27. The highest BCUT2D eigenvalue weighted by Crippen LogP contribution is 2.23. The summed E-state index contributed by atoms with van der Waals surface area (Å²) in [7, 11) is -3.38. The van der Waals surface area contributed by atoms with Crippen molar-refractivity contribution in [3.8, 4) is 0 Å². The molecule has 2 aromatic carbocycles. The molecule has 2 fully saturated rings. The largest absolute Gasteiger partial charge is 0.352 e. The zero-order valence-electron chi connectivity index (χ0n) is 19.5. The maximum absolute atomic E-state index is 12.9. The summed E-state index contributed by atoms with van der Waals surface area (Å²) in [5.41, 5.74) is 4.30. The molecule has 0 spiro atoms. The zero-order valence-corrected chi connectivity index (χ0v) is 20.3. The molecule has 7 heteroatoms. The molecule has 0 bridgehead atoms. The fourth-order valence-corrected chi connectivity index (χ4v) is 6.44. The molecule has 2 aliphatic rings. The van der Waals surface area contributed by atoms with Crippen LogP contribution in [0.3, 0.4) is 0 Å². The van der Waals surface area contributed by atoms with Crippen LogP contribution in [0.15, 0.2) is 48.5 Å². The van der Waals surface area contributed by atoms with E-state index < -0.39 is 10.0 Å². The topological polar surface area (TPSA) is 69.7 Å². The third-order valence-corrected chi connectivity index (χ3v) is 8.66. The van der Waals surface area contributed by atoms with Crippen LogP contribution >= 0.6 is 0 Å². The minimum absolute atomic E-state index is 0.0132. The van der Waals surface area contributed by atoms with Crippen LogP contribution in [0.25, 0.3) is 0 Å². The lowest BCUT2D eigenvalue weighted by atomic mass is 9.97. The van der Waals surface area contributed by atoms with E-state index in [0.29, 0.717) is 32.5 Å². The second kappa shape index (κ2) is 10.8. The summed E-state index contributed by atoms with van der Waals surface area (Å²) in [6.07, 6.45) is 3.65. The maximum atomic E-state index is 12.9. The third kappa shape index (κ3) is 6.43. The van der Waals surface area contributed by atoms with Crippen LogP contribution in [-0.4, -0.2) is 49.7 Å². The molecule has 1 N–H and O–H groups in total. The summed E-state index contributed by atoms with van der Waals surface area (Å²) in [6.45, 7) is 6.51. The Morgan fingerprint density at radius 2 is 1.67 bits per heavy atom. The number of amides is 1. The Kier molecular flexibility index (Phi) is 7.83. The Morgan fingerprint density at radius 3 is 2.36 bits per heavy atom. The van der Waals surface area contributed by atoms with Crippen molar-refractivity contribution < 1.29 is 13.2 Å². The summed E-state index contributed by atoms with van der Waals surface area (Å²) in [4.78, 5) is 15.3. The molecule has 1 amide bonds. The van der Waals surface area contributed by atoms with E-state index in [2.05, 4.69) is 28.4 Å². The maximum Gasteiger partial charge on any atom is 0.223 e. The van der Waals surface area contributed by atoms with Gasteiger partial charge in [0.2, 0.25) is 15.9 Å². The molecule has 0 radical (unpaired) electrons. The van der Waals surface area contributed by atoms with Gasteiger partial charge in [-0.05, 0) is 62.4 Å². The number of carbonyl (C=O) groups excluding carboxylic acids is 1. The first-order valence-electron chi connectivity index (χ1n) is 12.0. The van der Waals surface area contributed by atoms with Gasteiger partial charge in [0.25, 0.3) is 0 Å². The molecule has 2 aliphatic heterocycles. The number of nitrogens with zero attached hydrogens (tertiary/aromatic N) is 2. The Morgan fingerprint density at radius 1 is 0.970 bits per heavy atom. The van der Waals surface area contributed by atoms with E-state index in [9.17, 15) is 13.2 Å². The number of nitrogens with one attached hydrogen (secondary N) is 1. The summed E-state index contributed by atoms with van der Waals surface area (Å²) in [5, 5.41) is 3.11. The average Bonchev–Trinajstić information content (AvgIpc) is 3.31. The van der Waals surface area contributed by atoms with Gasteiger partial charge in [-0.15, -0.1) is 0 Å². The first-order valence-corrected chi connectivity index (χ1v) is 13.6. The van der Waals surface area contributed by atoms with Crippen molar-refractivity contribution in [2.24, 2.45) is 5.92 Å². The van der Waals surface area contributed by atoms with Gasteiger partial charge in [0.15, 0.2) is 0 Å². The SMILES string of the molecule is Cc1cccc(CS(=O)(=O)N2CCC(C(=O)NCc3ccccc3CN3CCCC3)CC2)c1. The molecule has 6 nitrogen and oxygen atoms in total. The predicted molar refractivity (Wildman–Crippen MR) is 131 cm³/mol.